The van der Waals surface area contributed by atoms with Crippen LogP contribution in [0.2, 0.25) is 0 Å². The van der Waals surface area contributed by atoms with Crippen LogP contribution in [-0.4, -0.2) is 47.0 Å². The average molecular weight is 392 g/mol. The second kappa shape index (κ2) is 8.16. The fourth-order valence-electron chi connectivity index (χ4n) is 3.21. The van der Waals surface area contributed by atoms with Crippen LogP contribution in [0.3, 0.4) is 0 Å². The molecule has 0 radical (unpaired) electrons. The third kappa shape index (κ3) is 4.61. The van der Waals surface area contributed by atoms with Gasteiger partial charge in [-0.3, -0.25) is 4.79 Å². The third-order valence-electron chi connectivity index (χ3n) is 4.73. The van der Waals surface area contributed by atoms with Crippen molar-refractivity contribution < 1.29 is 18.0 Å². The monoisotopic (exact) mass is 392 g/mol. The Balaban J connectivity index is 1.76. The Kier molecular flexibility index (Phi) is 5.86. The van der Waals surface area contributed by atoms with Crippen molar-refractivity contribution in [3.63, 3.8) is 0 Å². The van der Waals surface area contributed by atoms with Gasteiger partial charge in [0.2, 0.25) is 5.91 Å². The maximum atomic E-state index is 12.8. The Hall–Kier alpha value is -2.64. The molecule has 3 rings (SSSR count). The van der Waals surface area contributed by atoms with E-state index in [4.69, 9.17) is 0 Å². The number of anilines is 1. The van der Waals surface area contributed by atoms with E-state index in [0.717, 1.165) is 30.1 Å². The summed E-state index contributed by atoms with van der Waals surface area (Å²) in [5.41, 5.74) is 0.580. The van der Waals surface area contributed by atoms with Crippen LogP contribution in [-0.2, 0) is 11.0 Å². The van der Waals surface area contributed by atoms with Gasteiger partial charge in [-0.05, 0) is 25.5 Å². The van der Waals surface area contributed by atoms with Gasteiger partial charge in [-0.25, -0.2) is 9.97 Å². The molecule has 8 heteroatoms. The number of carbonyl (C=O) groups is 1. The van der Waals surface area contributed by atoms with E-state index in [9.17, 15) is 18.0 Å². The number of hydrogen-bond donors (Lipinski definition) is 0. The molecule has 0 bridgehead atoms. The summed E-state index contributed by atoms with van der Waals surface area (Å²) in [6, 6.07) is 6.72. The molecule has 0 spiro atoms. The van der Waals surface area contributed by atoms with Gasteiger partial charge in [-0.1, -0.05) is 19.1 Å². The van der Waals surface area contributed by atoms with Gasteiger partial charge in [0.05, 0.1) is 5.56 Å². The van der Waals surface area contributed by atoms with Crippen molar-refractivity contribution in [2.45, 2.75) is 32.9 Å². The second-order valence-corrected chi connectivity index (χ2v) is 6.88. The summed E-state index contributed by atoms with van der Waals surface area (Å²) in [4.78, 5) is 24.9. The third-order valence-corrected chi connectivity index (χ3v) is 4.73. The summed E-state index contributed by atoms with van der Waals surface area (Å²) < 4.78 is 38.3. The summed E-state index contributed by atoms with van der Waals surface area (Å²) in [7, 11) is 0. The fourth-order valence-corrected chi connectivity index (χ4v) is 3.21. The molecule has 0 saturated carbocycles. The fraction of sp³-hybridized carbons (Fsp3) is 0.450. The van der Waals surface area contributed by atoms with Gasteiger partial charge in [0.1, 0.15) is 5.82 Å². The molecule has 1 aromatic carbocycles. The molecule has 28 heavy (non-hydrogen) atoms. The molecule has 2 heterocycles. The minimum Gasteiger partial charge on any atom is -0.353 e. The number of aryl methyl sites for hydroxylation is 1. The van der Waals surface area contributed by atoms with Crippen LogP contribution in [0.4, 0.5) is 19.0 Å². The normalized spacial score (nSPS) is 15.0. The van der Waals surface area contributed by atoms with Crippen molar-refractivity contribution in [2.75, 3.05) is 31.1 Å². The van der Waals surface area contributed by atoms with Crippen molar-refractivity contribution in [3.8, 4) is 11.4 Å². The lowest BCUT2D eigenvalue weighted by Crippen LogP contribution is -2.49. The van der Waals surface area contributed by atoms with E-state index in [-0.39, 0.29) is 5.91 Å². The summed E-state index contributed by atoms with van der Waals surface area (Å²) >= 11 is 0. The number of benzene rings is 1. The molecule has 0 aliphatic carbocycles. The highest BCUT2D eigenvalue weighted by Crippen LogP contribution is 2.30. The minimum absolute atomic E-state index is 0.173. The van der Waals surface area contributed by atoms with Crippen LogP contribution in [0.5, 0.6) is 0 Å². The van der Waals surface area contributed by atoms with E-state index < -0.39 is 11.7 Å². The first-order chi connectivity index (χ1) is 13.3. The molecule has 0 unspecified atom stereocenters. The number of halogens is 3. The SMILES string of the molecule is CCCC(=O)N1CCN(c2cc(C)nc(-c3ccc(C(F)(F)F)cc3)n2)CC1. The quantitative estimate of drug-likeness (QED) is 0.791. The van der Waals surface area contributed by atoms with Crippen molar-refractivity contribution in [1.82, 2.24) is 14.9 Å². The molecule has 1 amide bonds. The Morgan fingerprint density at radius 2 is 1.71 bits per heavy atom. The molecule has 5 nitrogen and oxygen atoms in total. The van der Waals surface area contributed by atoms with E-state index in [0.29, 0.717) is 44.0 Å². The Labute approximate surface area is 162 Å². The highest BCUT2D eigenvalue weighted by Gasteiger charge is 2.30. The number of carbonyl (C=O) groups excluding carboxylic acids is 1. The van der Waals surface area contributed by atoms with Gasteiger partial charge < -0.3 is 9.80 Å². The summed E-state index contributed by atoms with van der Waals surface area (Å²) in [5, 5.41) is 0. The Bertz CT molecular complexity index is 828. The smallest absolute Gasteiger partial charge is 0.353 e. The van der Waals surface area contributed by atoms with Crippen LogP contribution in [0.15, 0.2) is 30.3 Å². The lowest BCUT2D eigenvalue weighted by molar-refractivity contribution is -0.137. The van der Waals surface area contributed by atoms with E-state index in [1.807, 2.05) is 24.8 Å². The lowest BCUT2D eigenvalue weighted by Gasteiger charge is -2.35. The maximum absolute atomic E-state index is 12.8. The van der Waals surface area contributed by atoms with Crippen molar-refractivity contribution in [1.29, 1.82) is 0 Å². The van der Waals surface area contributed by atoms with E-state index in [1.54, 1.807) is 0 Å². The Morgan fingerprint density at radius 3 is 2.29 bits per heavy atom. The zero-order valence-electron chi connectivity index (χ0n) is 16.0. The maximum Gasteiger partial charge on any atom is 0.416 e. The molecule has 1 aliphatic rings. The number of piperazine rings is 1. The molecule has 0 N–H and O–H groups in total. The predicted octanol–water partition coefficient (Wildman–Crippen LogP) is 3.92. The first kappa shape index (κ1) is 20.1. The van der Waals surface area contributed by atoms with Gasteiger partial charge in [0, 0.05) is 49.9 Å². The van der Waals surface area contributed by atoms with Crippen LogP contribution in [0, 0.1) is 6.92 Å². The molecular weight excluding hydrogens is 369 g/mol. The van der Waals surface area contributed by atoms with Crippen LogP contribution >= 0.6 is 0 Å². The number of amides is 1. The molecule has 1 saturated heterocycles. The average Bonchev–Trinajstić information content (AvgIpc) is 2.67. The molecule has 1 aromatic heterocycles. The van der Waals surface area contributed by atoms with Crippen molar-refractivity contribution in [2.24, 2.45) is 0 Å². The molecule has 1 aliphatic heterocycles. The van der Waals surface area contributed by atoms with Crippen LogP contribution in [0.25, 0.3) is 11.4 Å². The largest absolute Gasteiger partial charge is 0.416 e. The lowest BCUT2D eigenvalue weighted by atomic mass is 10.1. The Morgan fingerprint density at radius 1 is 1.07 bits per heavy atom. The predicted molar refractivity (Wildman–Crippen MR) is 101 cm³/mol. The molecular formula is C20H23F3N4O. The second-order valence-electron chi connectivity index (χ2n) is 6.88. The van der Waals surface area contributed by atoms with Gasteiger partial charge >= 0.3 is 6.18 Å². The van der Waals surface area contributed by atoms with Gasteiger partial charge in [0.15, 0.2) is 5.82 Å². The minimum atomic E-state index is -4.37. The van der Waals surface area contributed by atoms with Crippen molar-refractivity contribution >= 4 is 11.7 Å². The topological polar surface area (TPSA) is 49.3 Å². The number of hydrogen-bond acceptors (Lipinski definition) is 4. The first-order valence-corrected chi connectivity index (χ1v) is 9.34. The molecule has 0 atom stereocenters. The molecule has 2 aromatic rings. The van der Waals surface area contributed by atoms with Gasteiger partial charge in [-0.15, -0.1) is 0 Å². The number of nitrogens with zero attached hydrogens (tertiary/aromatic N) is 4. The summed E-state index contributed by atoms with van der Waals surface area (Å²) in [6.07, 6.45) is -2.97. The first-order valence-electron chi connectivity index (χ1n) is 9.34. The highest BCUT2D eigenvalue weighted by atomic mass is 19.4. The van der Waals surface area contributed by atoms with E-state index in [1.165, 1.54) is 12.1 Å². The number of rotatable bonds is 4. The summed E-state index contributed by atoms with van der Waals surface area (Å²) in [6.45, 7) is 6.42. The zero-order chi connectivity index (χ0) is 20.3. The molecule has 1 fully saturated rings. The standard InChI is InChI=1S/C20H23F3N4O/c1-3-4-18(28)27-11-9-26(10-12-27)17-13-14(2)24-19(25-17)15-5-7-16(8-6-15)20(21,22)23/h5-8,13H,3-4,9-12H2,1-2H3. The van der Waals surface area contributed by atoms with Gasteiger partial charge in [-0.2, -0.15) is 13.2 Å². The van der Waals surface area contributed by atoms with Gasteiger partial charge in [0.25, 0.3) is 0 Å². The summed E-state index contributed by atoms with van der Waals surface area (Å²) in [5.74, 6) is 1.30. The number of aromatic nitrogens is 2. The van der Waals surface area contributed by atoms with E-state index in [2.05, 4.69) is 14.9 Å². The highest BCUT2D eigenvalue weighted by molar-refractivity contribution is 5.76. The van der Waals surface area contributed by atoms with Crippen LogP contribution in [0.1, 0.15) is 31.0 Å². The van der Waals surface area contributed by atoms with Crippen molar-refractivity contribution in [3.05, 3.63) is 41.6 Å². The number of alkyl halides is 3. The van der Waals surface area contributed by atoms with E-state index >= 15 is 0 Å². The molecule has 150 valence electrons. The van der Waals surface area contributed by atoms with Crippen LogP contribution < -0.4 is 4.90 Å². The zero-order valence-corrected chi connectivity index (χ0v) is 16.0.